The number of nitrogens with zero attached hydrogens (tertiary/aromatic N) is 4. The summed E-state index contributed by atoms with van der Waals surface area (Å²) in [6, 6.07) is 9.16. The van der Waals surface area contributed by atoms with Gasteiger partial charge in [-0.05, 0) is 29.8 Å². The highest BCUT2D eigenvalue weighted by Crippen LogP contribution is 2.25. The highest BCUT2D eigenvalue weighted by Gasteiger charge is 2.26. The molecule has 1 aliphatic rings. The number of carbonyl (C=O) groups is 1. The number of fused-ring (bicyclic) bond motifs is 1. The van der Waals surface area contributed by atoms with Crippen LogP contribution in [0.3, 0.4) is 0 Å². The summed E-state index contributed by atoms with van der Waals surface area (Å²) >= 11 is 0. The van der Waals surface area contributed by atoms with E-state index in [-0.39, 0.29) is 23.4 Å². The van der Waals surface area contributed by atoms with Crippen molar-refractivity contribution in [3.63, 3.8) is 0 Å². The lowest BCUT2D eigenvalue weighted by molar-refractivity contribution is 0.0364. The number of hydrogen-bond acceptors (Lipinski definition) is 6. The molecule has 1 N–H and O–H groups in total. The summed E-state index contributed by atoms with van der Waals surface area (Å²) in [5.41, 5.74) is 0.497. The van der Waals surface area contributed by atoms with Gasteiger partial charge in [0.15, 0.2) is 5.75 Å². The number of morpholine rings is 1. The molecule has 1 amide bonds. The van der Waals surface area contributed by atoms with Crippen molar-refractivity contribution < 1.29 is 19.0 Å². The number of carbonyl (C=O) groups excluding carboxylic acids is 1. The maximum atomic E-state index is 13.4. The van der Waals surface area contributed by atoms with E-state index in [0.29, 0.717) is 37.4 Å². The van der Waals surface area contributed by atoms with E-state index in [0.717, 1.165) is 13.1 Å². The molecule has 0 atom stereocenters. The molecule has 1 aliphatic heterocycles. The van der Waals surface area contributed by atoms with Gasteiger partial charge in [0, 0.05) is 46.0 Å². The maximum Gasteiger partial charge on any atom is 0.267 e. The quantitative estimate of drug-likeness (QED) is 0.630. The summed E-state index contributed by atoms with van der Waals surface area (Å²) in [5.74, 6) is -1.42. The number of pyridine rings is 2. The van der Waals surface area contributed by atoms with Crippen molar-refractivity contribution in [1.82, 2.24) is 19.4 Å². The molecule has 0 spiro atoms. The summed E-state index contributed by atoms with van der Waals surface area (Å²) in [6.45, 7) is 3.95. The Kier molecular flexibility index (Phi) is 6.48. The minimum atomic E-state index is -0.621. The minimum Gasteiger partial charge on any atom is -0.505 e. The lowest BCUT2D eigenvalue weighted by Gasteiger charge is -2.27. The number of rotatable bonds is 6. The lowest BCUT2D eigenvalue weighted by Crippen LogP contribution is -2.40. The maximum absolute atomic E-state index is 13.4. The van der Waals surface area contributed by atoms with Gasteiger partial charge in [0.1, 0.15) is 16.9 Å². The standard InChI is InChI=1S/C23H25FN4O4/c1-26(15-16-4-6-17(24)7-5-16)22(30)19-21(29)20-18(3-2-8-25-20)28(23(19)31)10-9-27-11-13-32-14-12-27/h2-8,29H,9-15H2,1H3. The second-order valence-corrected chi connectivity index (χ2v) is 7.79. The van der Waals surface area contributed by atoms with E-state index in [1.807, 2.05) is 0 Å². The topological polar surface area (TPSA) is 87.9 Å². The van der Waals surface area contributed by atoms with Gasteiger partial charge >= 0.3 is 0 Å². The second-order valence-electron chi connectivity index (χ2n) is 7.79. The summed E-state index contributed by atoms with van der Waals surface area (Å²) < 4.78 is 20.0. The zero-order valence-electron chi connectivity index (χ0n) is 17.8. The third-order valence-corrected chi connectivity index (χ3v) is 5.63. The number of hydrogen-bond donors (Lipinski definition) is 1. The van der Waals surface area contributed by atoms with Gasteiger partial charge in [0.25, 0.3) is 11.5 Å². The predicted molar refractivity (Wildman–Crippen MR) is 117 cm³/mol. The van der Waals surface area contributed by atoms with Crippen molar-refractivity contribution >= 4 is 16.9 Å². The Bertz CT molecular complexity index is 1170. The van der Waals surface area contributed by atoms with Crippen molar-refractivity contribution in [3.8, 4) is 5.75 Å². The van der Waals surface area contributed by atoms with Gasteiger partial charge in [0.2, 0.25) is 0 Å². The number of aromatic nitrogens is 2. The normalized spacial score (nSPS) is 14.6. The molecule has 32 heavy (non-hydrogen) atoms. The van der Waals surface area contributed by atoms with E-state index >= 15 is 0 Å². The number of amides is 1. The Morgan fingerprint density at radius 3 is 2.62 bits per heavy atom. The molecule has 0 unspecified atom stereocenters. The Labute approximate surface area is 184 Å². The third kappa shape index (κ3) is 4.49. The number of benzene rings is 1. The first-order valence-corrected chi connectivity index (χ1v) is 10.5. The first kappa shape index (κ1) is 21.9. The molecule has 168 valence electrons. The monoisotopic (exact) mass is 440 g/mol. The average Bonchev–Trinajstić information content (AvgIpc) is 2.81. The molecule has 9 heteroatoms. The largest absolute Gasteiger partial charge is 0.505 e. The van der Waals surface area contributed by atoms with Crippen molar-refractivity contribution in [2.75, 3.05) is 39.9 Å². The molecule has 0 radical (unpaired) electrons. The van der Waals surface area contributed by atoms with Gasteiger partial charge in [0.05, 0.1) is 18.7 Å². The van der Waals surface area contributed by atoms with E-state index in [1.165, 1.54) is 34.8 Å². The molecule has 0 aliphatic carbocycles. The number of aromatic hydroxyl groups is 1. The fraction of sp³-hybridized carbons (Fsp3) is 0.348. The molecule has 0 saturated carbocycles. The number of halogens is 1. The summed E-state index contributed by atoms with van der Waals surface area (Å²) in [4.78, 5) is 34.3. The van der Waals surface area contributed by atoms with Crippen molar-refractivity contribution in [2.45, 2.75) is 13.1 Å². The van der Waals surface area contributed by atoms with Crippen LogP contribution in [0.2, 0.25) is 0 Å². The van der Waals surface area contributed by atoms with Crippen LogP contribution < -0.4 is 5.56 Å². The second kappa shape index (κ2) is 9.46. The molecule has 1 saturated heterocycles. The number of ether oxygens (including phenoxy) is 1. The molecular weight excluding hydrogens is 415 g/mol. The van der Waals surface area contributed by atoms with Gasteiger partial charge in [-0.25, -0.2) is 4.39 Å². The van der Waals surface area contributed by atoms with Crippen LogP contribution in [0.1, 0.15) is 15.9 Å². The van der Waals surface area contributed by atoms with Crippen molar-refractivity contribution in [1.29, 1.82) is 0 Å². The zero-order chi connectivity index (χ0) is 22.7. The Morgan fingerprint density at radius 1 is 1.19 bits per heavy atom. The summed E-state index contributed by atoms with van der Waals surface area (Å²) in [5, 5.41) is 10.8. The Hall–Kier alpha value is -3.30. The molecule has 8 nitrogen and oxygen atoms in total. The Balaban J connectivity index is 1.67. The predicted octanol–water partition coefficient (Wildman–Crippen LogP) is 1.85. The van der Waals surface area contributed by atoms with Crippen LogP contribution in [0.25, 0.3) is 11.0 Å². The molecule has 3 aromatic rings. The van der Waals surface area contributed by atoms with E-state index in [2.05, 4.69) is 9.88 Å². The van der Waals surface area contributed by atoms with Crippen LogP contribution in [0, 0.1) is 5.82 Å². The first-order valence-electron chi connectivity index (χ1n) is 10.5. The van der Waals surface area contributed by atoms with Crippen molar-refractivity contribution in [3.05, 3.63) is 69.9 Å². The van der Waals surface area contributed by atoms with E-state index in [9.17, 15) is 19.1 Å². The van der Waals surface area contributed by atoms with Crippen LogP contribution in [0.4, 0.5) is 4.39 Å². The molecule has 1 fully saturated rings. The van der Waals surface area contributed by atoms with Crippen LogP contribution in [0.15, 0.2) is 47.4 Å². The fourth-order valence-electron chi connectivity index (χ4n) is 3.87. The van der Waals surface area contributed by atoms with E-state index < -0.39 is 17.2 Å². The van der Waals surface area contributed by atoms with E-state index in [1.54, 1.807) is 24.3 Å². The van der Waals surface area contributed by atoms with Gasteiger partial charge < -0.3 is 19.3 Å². The van der Waals surface area contributed by atoms with Crippen LogP contribution in [-0.4, -0.2) is 70.3 Å². The minimum absolute atomic E-state index is 0.159. The fourth-order valence-corrected chi connectivity index (χ4v) is 3.87. The van der Waals surface area contributed by atoms with Crippen LogP contribution in [0.5, 0.6) is 5.75 Å². The molecule has 0 bridgehead atoms. The van der Waals surface area contributed by atoms with Gasteiger partial charge in [-0.15, -0.1) is 0 Å². The SMILES string of the molecule is CN(Cc1ccc(F)cc1)C(=O)c1c(O)c2ncccc2n(CCN2CCOCC2)c1=O. The van der Waals surface area contributed by atoms with Crippen molar-refractivity contribution in [2.24, 2.45) is 0 Å². The lowest BCUT2D eigenvalue weighted by atomic mass is 10.1. The van der Waals surface area contributed by atoms with E-state index in [4.69, 9.17) is 4.74 Å². The average molecular weight is 440 g/mol. The molecule has 4 rings (SSSR count). The molecule has 2 aromatic heterocycles. The zero-order valence-corrected chi connectivity index (χ0v) is 17.8. The smallest absolute Gasteiger partial charge is 0.267 e. The van der Waals surface area contributed by atoms with Crippen LogP contribution in [-0.2, 0) is 17.8 Å². The summed E-state index contributed by atoms with van der Waals surface area (Å²) in [7, 11) is 1.53. The molecule has 3 heterocycles. The summed E-state index contributed by atoms with van der Waals surface area (Å²) in [6.07, 6.45) is 1.51. The highest BCUT2D eigenvalue weighted by molar-refractivity contribution is 6.01. The molecule has 1 aromatic carbocycles. The molecular formula is C23H25FN4O4. The highest BCUT2D eigenvalue weighted by atomic mass is 19.1. The third-order valence-electron chi connectivity index (χ3n) is 5.63. The Morgan fingerprint density at radius 2 is 1.91 bits per heavy atom. The van der Waals surface area contributed by atoms with Gasteiger partial charge in [-0.2, -0.15) is 0 Å². The first-order chi connectivity index (χ1) is 15.5. The van der Waals surface area contributed by atoms with Crippen LogP contribution >= 0.6 is 0 Å². The van der Waals surface area contributed by atoms with Gasteiger partial charge in [-0.1, -0.05) is 12.1 Å². The van der Waals surface area contributed by atoms with Gasteiger partial charge in [-0.3, -0.25) is 19.5 Å².